The van der Waals surface area contributed by atoms with E-state index in [0.717, 1.165) is 40.5 Å². The third-order valence-corrected chi connectivity index (χ3v) is 8.37. The second-order valence-corrected chi connectivity index (χ2v) is 16.6. The lowest BCUT2D eigenvalue weighted by atomic mass is 9.60. The lowest BCUT2D eigenvalue weighted by Crippen LogP contribution is -2.55. The first kappa shape index (κ1) is 50.0. The summed E-state index contributed by atoms with van der Waals surface area (Å²) in [7, 11) is 0. The Bertz CT molecular complexity index is 1390. The normalized spacial score (nSPS) is 12.0. The van der Waals surface area contributed by atoms with Crippen molar-refractivity contribution in [2.24, 2.45) is 5.41 Å². The lowest BCUT2D eigenvalue weighted by Gasteiger charge is -2.49. The maximum atomic E-state index is 13.1. The van der Waals surface area contributed by atoms with Gasteiger partial charge in [-0.2, -0.15) is 0 Å². The molecule has 0 saturated heterocycles. The molecule has 2 aromatic rings. The van der Waals surface area contributed by atoms with Gasteiger partial charge in [-0.05, 0) is 55.0 Å². The van der Waals surface area contributed by atoms with Gasteiger partial charge in [0.2, 0.25) is 0 Å². The molecule has 7 N–H and O–H groups in total. The monoisotopic (exact) mass is 728 g/mol. The van der Waals surface area contributed by atoms with Crippen LogP contribution in [0.4, 0.5) is 0 Å². The maximum Gasteiger partial charge on any atom is 0.327 e. The lowest BCUT2D eigenvalue weighted by molar-refractivity contribution is -0.137. The van der Waals surface area contributed by atoms with Crippen LogP contribution in [-0.4, -0.2) is 73.5 Å². The minimum atomic E-state index is -1.87. The molecule has 0 unspecified atom stereocenters. The first-order valence-electron chi connectivity index (χ1n) is 16.8. The van der Waals surface area contributed by atoms with Crippen LogP contribution in [0.3, 0.4) is 0 Å². The summed E-state index contributed by atoms with van der Waals surface area (Å²) in [5, 5.41) is 68.0. The largest absolute Gasteiger partial charge is 0.478 e. The molecule has 0 aromatic heterocycles. The Balaban J connectivity index is 0. The van der Waals surface area contributed by atoms with Gasteiger partial charge in [0.15, 0.2) is 0 Å². The highest BCUT2D eigenvalue weighted by atomic mass is 16.4. The quantitative estimate of drug-likeness (QED) is 0.134. The number of hydrogen-bond donors (Lipinski definition) is 7. The van der Waals surface area contributed by atoms with Crippen molar-refractivity contribution >= 4 is 17.9 Å². The molecule has 0 spiro atoms. The SMILES string of the molecule is C=CC(=O)O.C=CC(=O)O.C=CC(=O)O.CC(C)(C)c1ccc(C(O)(c2ccc(C(C)(C)C)cc2C(C)(C)C)C(CO)(CO)CO)c(C(C)(C)C)c1. The predicted octanol–water partition coefficient (Wildman–Crippen LogP) is 6.85. The Morgan fingerprint density at radius 1 is 0.500 bits per heavy atom. The number of benzene rings is 2. The van der Waals surface area contributed by atoms with E-state index in [2.05, 4.69) is 115 Å². The summed E-state index contributed by atoms with van der Waals surface area (Å²) in [5.74, 6) is -2.94. The third kappa shape index (κ3) is 13.8. The second kappa shape index (κ2) is 19.7. The van der Waals surface area contributed by atoms with Crippen LogP contribution >= 0.6 is 0 Å². The van der Waals surface area contributed by atoms with E-state index in [1.165, 1.54) is 0 Å². The summed E-state index contributed by atoms with van der Waals surface area (Å²) in [5.41, 5.74) is 0.863. The van der Waals surface area contributed by atoms with E-state index >= 15 is 0 Å². The van der Waals surface area contributed by atoms with E-state index in [1.807, 2.05) is 24.3 Å². The Labute approximate surface area is 310 Å². The minimum Gasteiger partial charge on any atom is -0.478 e. The molecule has 0 radical (unpaired) electrons. The van der Waals surface area contributed by atoms with E-state index in [4.69, 9.17) is 15.3 Å². The second-order valence-electron chi connectivity index (χ2n) is 16.6. The number of rotatable bonds is 9. The minimum absolute atomic E-state index is 0.108. The molecule has 0 heterocycles. The molecule has 0 fully saturated rings. The molecule has 0 aliphatic heterocycles. The van der Waals surface area contributed by atoms with Gasteiger partial charge in [0.25, 0.3) is 0 Å². The predicted molar refractivity (Wildman–Crippen MR) is 208 cm³/mol. The summed E-state index contributed by atoms with van der Waals surface area (Å²) < 4.78 is 0. The maximum absolute atomic E-state index is 13.1. The zero-order valence-electron chi connectivity index (χ0n) is 33.3. The van der Waals surface area contributed by atoms with E-state index in [1.54, 1.807) is 0 Å². The van der Waals surface area contributed by atoms with Crippen LogP contribution in [0, 0.1) is 5.41 Å². The van der Waals surface area contributed by atoms with Crippen LogP contribution in [0.5, 0.6) is 0 Å². The highest BCUT2D eigenvalue weighted by molar-refractivity contribution is 5.79. The molecule has 0 atom stereocenters. The number of hydrogen-bond acceptors (Lipinski definition) is 7. The molecule has 0 aliphatic rings. The fraction of sp³-hybridized carbons (Fsp3) is 0.500. The molecule has 10 nitrogen and oxygen atoms in total. The van der Waals surface area contributed by atoms with Crippen LogP contribution in [0.1, 0.15) is 116 Å². The van der Waals surface area contributed by atoms with Crippen molar-refractivity contribution in [3.63, 3.8) is 0 Å². The van der Waals surface area contributed by atoms with E-state index in [0.29, 0.717) is 11.1 Å². The Hall–Kier alpha value is -4.09. The van der Waals surface area contributed by atoms with Crippen LogP contribution in [0.25, 0.3) is 0 Å². The zero-order valence-corrected chi connectivity index (χ0v) is 33.3. The first-order valence-corrected chi connectivity index (χ1v) is 16.8. The van der Waals surface area contributed by atoms with Crippen molar-refractivity contribution in [3.05, 3.63) is 108 Å². The van der Waals surface area contributed by atoms with E-state index < -0.39 is 48.7 Å². The van der Waals surface area contributed by atoms with E-state index in [9.17, 15) is 34.8 Å². The molecular weight excluding hydrogens is 664 g/mol. The summed E-state index contributed by atoms with van der Waals surface area (Å²) in [4.78, 5) is 27.8. The Morgan fingerprint density at radius 2 is 0.731 bits per heavy atom. The van der Waals surface area contributed by atoms with Gasteiger partial charge in [-0.25, -0.2) is 14.4 Å². The van der Waals surface area contributed by atoms with Crippen molar-refractivity contribution in [2.45, 2.75) is 110 Å². The molecule has 0 amide bonds. The smallest absolute Gasteiger partial charge is 0.327 e. The van der Waals surface area contributed by atoms with Crippen molar-refractivity contribution in [1.82, 2.24) is 0 Å². The molecule has 2 aromatic carbocycles. The van der Waals surface area contributed by atoms with Crippen LogP contribution in [-0.2, 0) is 41.6 Å². The van der Waals surface area contributed by atoms with Gasteiger partial charge >= 0.3 is 17.9 Å². The fourth-order valence-electron chi connectivity index (χ4n) is 5.10. The van der Waals surface area contributed by atoms with Crippen LogP contribution in [0.15, 0.2) is 74.4 Å². The van der Waals surface area contributed by atoms with Crippen molar-refractivity contribution in [1.29, 1.82) is 0 Å². The van der Waals surface area contributed by atoms with Gasteiger partial charge in [-0.15, -0.1) is 0 Å². The van der Waals surface area contributed by atoms with Gasteiger partial charge in [0.05, 0.1) is 25.2 Å². The molecule has 292 valence electrons. The van der Waals surface area contributed by atoms with E-state index in [-0.39, 0.29) is 21.7 Å². The molecule has 0 saturated carbocycles. The van der Waals surface area contributed by atoms with Crippen molar-refractivity contribution < 1.29 is 50.1 Å². The summed E-state index contributed by atoms with van der Waals surface area (Å²) in [6.07, 6.45) is 2.50. The number of carbonyl (C=O) groups is 3. The number of carboxylic acids is 3. The van der Waals surface area contributed by atoms with Crippen LogP contribution in [0.2, 0.25) is 0 Å². The fourth-order valence-corrected chi connectivity index (χ4v) is 5.10. The average molecular weight is 729 g/mol. The van der Waals surface area contributed by atoms with Crippen molar-refractivity contribution in [2.75, 3.05) is 19.8 Å². The van der Waals surface area contributed by atoms with Gasteiger partial charge < -0.3 is 35.7 Å². The summed E-state index contributed by atoms with van der Waals surface area (Å²) >= 11 is 0. The zero-order chi connectivity index (χ0) is 41.7. The van der Waals surface area contributed by atoms with Gasteiger partial charge in [0, 0.05) is 18.2 Å². The Kier molecular flexibility index (Phi) is 18.9. The number of aliphatic hydroxyl groups excluding tert-OH is 3. The molecule has 10 heteroatoms. The highest BCUT2D eigenvalue weighted by Crippen LogP contribution is 2.51. The molecule has 0 aliphatic carbocycles. The molecule has 52 heavy (non-hydrogen) atoms. The average Bonchev–Trinajstić information content (AvgIpc) is 3.04. The number of aliphatic hydroxyl groups is 4. The molecule has 0 bridgehead atoms. The number of carboxylic acid groups (broad SMARTS) is 3. The summed E-state index contributed by atoms with van der Waals surface area (Å²) in [6, 6.07) is 12.2. The van der Waals surface area contributed by atoms with Gasteiger partial charge in [0.1, 0.15) is 5.60 Å². The number of aliphatic carboxylic acids is 3. The first-order chi connectivity index (χ1) is 23.4. The summed E-state index contributed by atoms with van der Waals surface area (Å²) in [6.45, 7) is 32.7. The van der Waals surface area contributed by atoms with Crippen LogP contribution < -0.4 is 0 Å². The van der Waals surface area contributed by atoms with Crippen molar-refractivity contribution in [3.8, 4) is 0 Å². The van der Waals surface area contributed by atoms with Gasteiger partial charge in [-0.1, -0.05) is 139 Å². The standard InChI is InChI=1S/C33H52O4.3C3H4O2/c1-28(2,3)22-13-15-24(26(17-22)30(7,8)9)33(37,32(19-34,20-35)21-36)25-16-14-23(29(4,5)6)18-27(25)31(10,11)12;3*1-2-3(4)5/h13-18,34-37H,19-21H2,1-12H3;3*2H,1H2,(H,4,5). The van der Waals surface area contributed by atoms with Gasteiger partial charge in [-0.3, -0.25) is 0 Å². The third-order valence-electron chi connectivity index (χ3n) is 8.37. The Morgan fingerprint density at radius 3 is 0.885 bits per heavy atom. The molecule has 2 rings (SSSR count). The molecular formula is C42H64O10. The topological polar surface area (TPSA) is 193 Å². The highest BCUT2D eigenvalue weighted by Gasteiger charge is 2.55.